The van der Waals surface area contributed by atoms with Crippen molar-refractivity contribution in [1.29, 1.82) is 0 Å². The number of fused-ring (bicyclic) bond motifs is 2. The first-order chi connectivity index (χ1) is 68.8. The Hall–Kier alpha value is -11.6. The van der Waals surface area contributed by atoms with E-state index in [1.54, 1.807) is 90.0 Å². The van der Waals surface area contributed by atoms with Crippen LogP contribution < -0.4 is 43.0 Å². The Morgan fingerprint density at radius 3 is 0.845 bits per heavy atom. The lowest BCUT2D eigenvalue weighted by Gasteiger charge is -2.35. The monoisotopic (exact) mass is 2130 g/mol. The number of amides is 13. The van der Waals surface area contributed by atoms with Crippen molar-refractivity contribution >= 4 is 101 Å². The number of carbonyl (C=O) groups excluding carboxylic acids is 15. The van der Waals surface area contributed by atoms with E-state index in [1.165, 1.54) is 29.4 Å². The predicted octanol–water partition coefficient (Wildman–Crippen LogP) is 8.39. The van der Waals surface area contributed by atoms with Gasteiger partial charge in [0.1, 0.15) is 107 Å². The van der Waals surface area contributed by atoms with Crippen molar-refractivity contribution < 1.29 is 129 Å². The number of benzene rings is 2. The van der Waals surface area contributed by atoms with Crippen LogP contribution >= 0.6 is 12.4 Å². The first-order valence-corrected chi connectivity index (χ1v) is 50.6. The molecule has 4 aromatic rings. The predicted molar refractivity (Wildman–Crippen MR) is 510 cm³/mol. The topological polar surface area (TPSA) is 456 Å². The number of alkyl carbamates (subject to hydrolysis) is 1. The average Bonchev–Trinajstić information content (AvgIpc) is 1.64. The summed E-state index contributed by atoms with van der Waals surface area (Å²) in [6.07, 6.45) is -8.67. The molecule has 8 aliphatic heterocycles. The molecule has 36 nitrogen and oxygen atoms in total. The lowest BCUT2D eigenvalue weighted by Crippen LogP contribution is -2.61. The molecule has 148 heavy (non-hydrogen) atoms. The van der Waals surface area contributed by atoms with Gasteiger partial charge in [-0.1, -0.05) is 83.1 Å². The van der Waals surface area contributed by atoms with E-state index in [0.29, 0.717) is 82.2 Å². The number of hydrogen-bond acceptors (Lipinski definition) is 21. The van der Waals surface area contributed by atoms with Crippen molar-refractivity contribution in [2.75, 3.05) is 39.3 Å². The van der Waals surface area contributed by atoms with Crippen LogP contribution in [0.4, 0.5) is 57.5 Å². The molecule has 12 rings (SSSR count). The van der Waals surface area contributed by atoms with Gasteiger partial charge in [-0.05, 0) is 182 Å². The molecule has 0 spiro atoms. The van der Waals surface area contributed by atoms with Gasteiger partial charge in [-0.2, -0.15) is 26.3 Å². The molecule has 0 aliphatic carbocycles. The summed E-state index contributed by atoms with van der Waals surface area (Å²) in [6.45, 7) is 26.6. The van der Waals surface area contributed by atoms with E-state index in [2.05, 4.69) is 57.6 Å². The summed E-state index contributed by atoms with van der Waals surface area (Å²) in [5.41, 5.74) is 4.58. The number of nitrogens with two attached hydrogens (primary N) is 1. The summed E-state index contributed by atoms with van der Waals surface area (Å²) < 4.78 is 175. The molecule has 10 heterocycles. The summed E-state index contributed by atoms with van der Waals surface area (Å²) >= 11 is 0. The molecule has 0 saturated carbocycles. The van der Waals surface area contributed by atoms with Gasteiger partial charge < -0.3 is 86.2 Å². The van der Waals surface area contributed by atoms with Gasteiger partial charge in [0.25, 0.3) is 0 Å². The van der Waals surface area contributed by atoms with Gasteiger partial charge >= 0.3 is 18.4 Å². The van der Waals surface area contributed by atoms with Crippen LogP contribution in [-0.4, -0.2) is 277 Å². The third kappa shape index (κ3) is 28.5. The van der Waals surface area contributed by atoms with Crippen LogP contribution in [0.3, 0.4) is 0 Å². The highest BCUT2D eigenvalue weighted by atomic mass is 35.5. The minimum Gasteiger partial charge on any atom is -0.444 e. The SMILES string of the molecule is CC(C)C(N)C(=O)N1CCCC1C(=O)NC(C(=O)N1CCCC1C(=O)NC(C(=O)N1CCCC1C(=O)NC(CC(=O)C1CCn2c(nnc2C(F)(F)F)C1)Cc1cc(F)c(F)cc1F)C(C)C)C(C)C.CC(C)C(NC(=O)OC(C)(C)C)C(=O)N1CCCC1C(=O)NC(C(=O)N1CCCC1C(=O)NC(C(=O)N1CCCC1C(=O)NC(CC(=O)C1CCn2c(nnc2C(F)(F)F)C1)Cc1cc(F)c(F)cc1F)C(C)C)C(C)C.Cl. The highest BCUT2D eigenvalue weighted by Crippen LogP contribution is 2.37. The van der Waals surface area contributed by atoms with Crippen molar-refractivity contribution in [1.82, 2.24) is 96.1 Å². The number of ketones is 2. The van der Waals surface area contributed by atoms with E-state index in [0.717, 1.165) is 9.13 Å². The standard InChI is InChI=1S/C52H72F6N10O9.C47H64F6N10O7.ClH/c1-26(2)40(60-44(71)36-14-11-18-66(36)47(74)41(27(3)4)61-45(72)37-15-12-19-67(37)48(75)42(28(5)6)62-50(76)77-51(7,8)9)46(73)65-17-10-13-35(65)43(70)59-31(21-30-22-33(54)34(55)25-32(30)53)24-38(69)29-16-20-68-39(23-29)63-64-49(68)52(56,57)58;1-23(2)37(54)43(68)60-14-7-11-33(60)41(66)56-39(25(5)6)45(70)62-16-9-12-34(62)42(67)57-38(24(3)4)44(69)61-15-8-10-32(61)40(65)55-28(18-27-19-30(49)31(50)22-29(27)48)21-35(64)26-13-17-63-36(20-26)58-59-46(63)47(51,52)53;/h22,25-29,31,35-37,40-42H,10-21,23-24H2,1-9H3,(H,59,70)(H,60,71)(H,61,72)(H,62,76);19,22-26,28,32-34,37-39H,7-18,20-21,54H2,1-6H3,(H,55,65)(H,56,66)(H,57,67);1H. The molecule has 2 aromatic heterocycles. The number of alkyl halides is 6. The fourth-order valence-corrected chi connectivity index (χ4v) is 20.5. The Bertz CT molecular complexity index is 5520. The van der Waals surface area contributed by atoms with Gasteiger partial charge in [0.05, 0.1) is 6.04 Å². The zero-order valence-corrected chi connectivity index (χ0v) is 86.5. The summed E-state index contributed by atoms with van der Waals surface area (Å²) in [5, 5.41) is 33.1. The number of hydrogen-bond donors (Lipinski definition) is 8. The number of ether oxygens (including phenoxy) is 1. The third-order valence-corrected chi connectivity index (χ3v) is 28.6. The quantitative estimate of drug-likeness (QED) is 0.0158. The number of nitrogens with zero attached hydrogens (tertiary/aromatic N) is 12. The van der Waals surface area contributed by atoms with Crippen LogP contribution in [0.25, 0.3) is 0 Å². The lowest BCUT2D eigenvalue weighted by molar-refractivity contribution is -0.148. The van der Waals surface area contributed by atoms with Crippen LogP contribution in [-0.2, 0) is 123 Å². The first kappa shape index (κ1) is 118. The van der Waals surface area contributed by atoms with Crippen molar-refractivity contribution in [3.05, 3.63) is 93.6 Å². The number of Topliss-reactive ketones (excluding diaryl/α,β-unsaturated/α-hetero) is 2. The molecule has 9 N–H and O–H groups in total. The molecule has 0 radical (unpaired) electrons. The van der Waals surface area contributed by atoms with Crippen LogP contribution in [0.5, 0.6) is 0 Å². The second-order valence-electron chi connectivity index (χ2n) is 42.6. The van der Waals surface area contributed by atoms with E-state index in [4.69, 9.17) is 10.5 Å². The zero-order valence-electron chi connectivity index (χ0n) is 85.7. The van der Waals surface area contributed by atoms with E-state index >= 15 is 8.78 Å². The van der Waals surface area contributed by atoms with Crippen molar-refractivity contribution in [2.24, 2.45) is 53.1 Å². The van der Waals surface area contributed by atoms with Crippen molar-refractivity contribution in [2.45, 2.75) is 348 Å². The number of nitrogens with one attached hydrogen (secondary N) is 7. The number of carbonyl (C=O) groups is 15. The van der Waals surface area contributed by atoms with Gasteiger partial charge in [0.2, 0.25) is 82.5 Å². The van der Waals surface area contributed by atoms with E-state index in [-0.39, 0.29) is 150 Å². The molecular formula is C99H137ClF12N20O16. The molecular weight excluding hydrogens is 1990 g/mol. The van der Waals surface area contributed by atoms with Gasteiger partial charge in [-0.15, -0.1) is 32.8 Å². The van der Waals surface area contributed by atoms with E-state index < -0.39 is 293 Å². The highest BCUT2D eigenvalue weighted by Gasteiger charge is 2.51. The molecule has 13 amide bonds. The first-order valence-electron chi connectivity index (χ1n) is 50.6. The van der Waals surface area contributed by atoms with Gasteiger partial charge in [0, 0.05) is 114 Å². The van der Waals surface area contributed by atoms with Crippen molar-refractivity contribution in [3.8, 4) is 0 Å². The second-order valence-corrected chi connectivity index (χ2v) is 42.6. The van der Waals surface area contributed by atoms with Crippen molar-refractivity contribution in [3.63, 3.8) is 0 Å². The molecule has 16 unspecified atom stereocenters. The minimum atomic E-state index is -4.78. The van der Waals surface area contributed by atoms with E-state index in [9.17, 15) is 116 Å². The number of rotatable bonds is 35. The molecule has 2 aromatic carbocycles. The average molecular weight is 2130 g/mol. The fourth-order valence-electron chi connectivity index (χ4n) is 20.5. The Morgan fingerprint density at radius 1 is 0.345 bits per heavy atom. The van der Waals surface area contributed by atoms with Crippen LogP contribution in [0.2, 0.25) is 0 Å². The van der Waals surface area contributed by atoms with Gasteiger partial charge in [0.15, 0.2) is 23.3 Å². The maximum absolute atomic E-state index is 15.1. The molecule has 8 aliphatic rings. The van der Waals surface area contributed by atoms with Gasteiger partial charge in [-0.3, -0.25) is 67.1 Å². The number of aromatic nitrogens is 6. The Balaban J connectivity index is 0.000000302. The molecule has 820 valence electrons. The summed E-state index contributed by atoms with van der Waals surface area (Å²) in [4.78, 5) is 218. The Morgan fingerprint density at radius 2 is 0.595 bits per heavy atom. The lowest BCUT2D eigenvalue weighted by atomic mass is 9.88. The number of halogens is 13. The Labute approximate surface area is 856 Å². The number of likely N-dealkylation sites (tertiary alicyclic amines) is 6. The molecule has 49 heteroatoms. The maximum Gasteiger partial charge on any atom is 0.451 e. The minimum absolute atomic E-state index is 0. The highest BCUT2D eigenvalue weighted by molar-refractivity contribution is 6.00. The normalized spacial score (nSPS) is 21.7. The molecule has 6 saturated heterocycles. The van der Waals surface area contributed by atoms with E-state index in [1.807, 2.05) is 13.8 Å². The van der Waals surface area contributed by atoms with Crippen LogP contribution in [0, 0.1) is 82.2 Å². The second kappa shape index (κ2) is 49.9. The summed E-state index contributed by atoms with van der Waals surface area (Å²) in [7, 11) is 0. The Kier molecular flexibility index (Phi) is 39.9. The maximum atomic E-state index is 15.1. The van der Waals surface area contributed by atoms with Crippen LogP contribution in [0.1, 0.15) is 241 Å². The third-order valence-electron chi connectivity index (χ3n) is 28.6. The summed E-state index contributed by atoms with van der Waals surface area (Å²) in [5.74, 6) is -22.8. The molecule has 16 atom stereocenters. The fraction of sp³-hybridized carbons (Fsp3) is 0.687. The molecule has 0 bridgehead atoms. The van der Waals surface area contributed by atoms with Crippen LogP contribution in [0.15, 0.2) is 24.3 Å². The summed E-state index contributed by atoms with van der Waals surface area (Å²) in [6, 6.07) is -13.1. The smallest absolute Gasteiger partial charge is 0.444 e. The molecule has 6 fully saturated rings. The van der Waals surface area contributed by atoms with Gasteiger partial charge in [-0.25, -0.2) is 31.1 Å². The zero-order chi connectivity index (χ0) is 109. The largest absolute Gasteiger partial charge is 0.451 e.